The normalized spacial score (nSPS) is 40.2. The standard InChI is InChI=1S/C17H20FN/c18-16-3-1-2-12(7-16)11-19-17-8-13-4-14(9-17)6-15(5-13)10-17/h1-3,7,11,13-15H,4-6,8-10H2/b19-11+. The maximum absolute atomic E-state index is 13.2. The molecule has 1 aromatic carbocycles. The molecular formula is C17H20FN. The lowest BCUT2D eigenvalue weighted by atomic mass is 9.53. The molecule has 0 spiro atoms. The van der Waals surface area contributed by atoms with Gasteiger partial charge in [-0.25, -0.2) is 4.39 Å². The van der Waals surface area contributed by atoms with Crippen LogP contribution < -0.4 is 0 Å². The van der Waals surface area contributed by atoms with Crippen molar-refractivity contribution >= 4 is 6.21 Å². The molecule has 4 aliphatic carbocycles. The van der Waals surface area contributed by atoms with Crippen molar-refractivity contribution in [1.29, 1.82) is 0 Å². The molecule has 0 aromatic heterocycles. The molecule has 100 valence electrons. The van der Waals surface area contributed by atoms with Crippen molar-refractivity contribution in [3.8, 4) is 0 Å². The highest BCUT2D eigenvalue weighted by Gasteiger charge is 2.50. The monoisotopic (exact) mass is 257 g/mol. The maximum atomic E-state index is 13.2. The molecule has 0 N–H and O–H groups in total. The molecule has 4 fully saturated rings. The highest BCUT2D eigenvalue weighted by Crippen LogP contribution is 2.57. The van der Waals surface area contributed by atoms with Crippen LogP contribution in [0.5, 0.6) is 0 Å². The fourth-order valence-electron chi connectivity index (χ4n) is 5.02. The first kappa shape index (κ1) is 11.6. The van der Waals surface area contributed by atoms with Gasteiger partial charge in [-0.15, -0.1) is 0 Å². The molecule has 0 unspecified atom stereocenters. The molecule has 0 aliphatic heterocycles. The Labute approximate surface area is 113 Å². The smallest absolute Gasteiger partial charge is 0.123 e. The van der Waals surface area contributed by atoms with Gasteiger partial charge in [0, 0.05) is 6.21 Å². The van der Waals surface area contributed by atoms with E-state index in [2.05, 4.69) is 0 Å². The third kappa shape index (κ3) is 2.11. The average molecular weight is 257 g/mol. The first-order chi connectivity index (χ1) is 9.21. The molecule has 5 rings (SSSR count). The van der Waals surface area contributed by atoms with Gasteiger partial charge in [0.05, 0.1) is 5.54 Å². The van der Waals surface area contributed by atoms with E-state index in [1.165, 1.54) is 44.6 Å². The van der Waals surface area contributed by atoms with Gasteiger partial charge in [0.25, 0.3) is 0 Å². The third-order valence-corrected chi connectivity index (χ3v) is 5.34. The van der Waals surface area contributed by atoms with Gasteiger partial charge < -0.3 is 0 Å². The zero-order valence-corrected chi connectivity index (χ0v) is 11.2. The van der Waals surface area contributed by atoms with E-state index >= 15 is 0 Å². The second-order valence-corrected chi connectivity index (χ2v) is 6.96. The van der Waals surface area contributed by atoms with Gasteiger partial charge in [0.15, 0.2) is 0 Å². The summed E-state index contributed by atoms with van der Waals surface area (Å²) in [7, 11) is 0. The Kier molecular flexibility index (Phi) is 2.54. The van der Waals surface area contributed by atoms with Crippen molar-refractivity contribution in [1.82, 2.24) is 0 Å². The van der Waals surface area contributed by atoms with E-state index in [1.54, 1.807) is 12.1 Å². The SMILES string of the molecule is Fc1cccc(/C=N/C23CC4CC(CC(C4)C2)C3)c1. The number of hydrogen-bond donors (Lipinski definition) is 0. The van der Waals surface area contributed by atoms with Crippen LogP contribution >= 0.6 is 0 Å². The number of rotatable bonds is 2. The van der Waals surface area contributed by atoms with Crippen molar-refractivity contribution < 1.29 is 4.39 Å². The number of hydrogen-bond acceptors (Lipinski definition) is 1. The van der Waals surface area contributed by atoms with Crippen LogP contribution in [0.3, 0.4) is 0 Å². The van der Waals surface area contributed by atoms with Gasteiger partial charge in [-0.1, -0.05) is 12.1 Å². The van der Waals surface area contributed by atoms with Gasteiger partial charge in [-0.2, -0.15) is 0 Å². The summed E-state index contributed by atoms with van der Waals surface area (Å²) in [6, 6.07) is 6.76. The van der Waals surface area contributed by atoms with E-state index in [1.807, 2.05) is 12.3 Å². The molecule has 1 aromatic rings. The van der Waals surface area contributed by atoms with Crippen molar-refractivity contribution in [2.45, 2.75) is 44.1 Å². The van der Waals surface area contributed by atoms with Crippen LogP contribution in [0.2, 0.25) is 0 Å². The predicted octanol–water partition coefficient (Wildman–Crippen LogP) is 4.21. The first-order valence-corrected chi connectivity index (χ1v) is 7.52. The minimum absolute atomic E-state index is 0.172. The van der Waals surface area contributed by atoms with Crippen LogP contribution in [0.4, 0.5) is 4.39 Å². The van der Waals surface area contributed by atoms with Gasteiger partial charge in [0.1, 0.15) is 5.82 Å². The summed E-state index contributed by atoms with van der Waals surface area (Å²) in [6.07, 6.45) is 10.0. The van der Waals surface area contributed by atoms with Crippen molar-refractivity contribution in [3.63, 3.8) is 0 Å². The van der Waals surface area contributed by atoms with E-state index < -0.39 is 0 Å². The van der Waals surface area contributed by atoms with Crippen molar-refractivity contribution in [3.05, 3.63) is 35.6 Å². The summed E-state index contributed by atoms with van der Waals surface area (Å²) in [4.78, 5) is 4.94. The predicted molar refractivity (Wildman–Crippen MR) is 74.9 cm³/mol. The molecular weight excluding hydrogens is 237 g/mol. The highest BCUT2D eigenvalue weighted by molar-refractivity contribution is 5.79. The molecule has 0 saturated heterocycles. The topological polar surface area (TPSA) is 12.4 Å². The van der Waals surface area contributed by atoms with Gasteiger partial charge >= 0.3 is 0 Å². The number of aliphatic imine (C=N–C) groups is 1. The fourth-order valence-corrected chi connectivity index (χ4v) is 5.02. The van der Waals surface area contributed by atoms with Crippen LogP contribution in [-0.4, -0.2) is 11.8 Å². The molecule has 4 aliphatic rings. The van der Waals surface area contributed by atoms with Crippen molar-refractivity contribution in [2.24, 2.45) is 22.7 Å². The van der Waals surface area contributed by atoms with Crippen LogP contribution in [0.1, 0.15) is 44.1 Å². The van der Waals surface area contributed by atoms with E-state index in [4.69, 9.17) is 4.99 Å². The highest BCUT2D eigenvalue weighted by atomic mass is 19.1. The second-order valence-electron chi connectivity index (χ2n) is 6.96. The Hall–Kier alpha value is -1.18. The number of nitrogens with zero attached hydrogens (tertiary/aromatic N) is 1. The Bertz CT molecular complexity index is 484. The Balaban J connectivity index is 1.59. The summed E-state index contributed by atoms with van der Waals surface area (Å²) in [5.41, 5.74) is 1.09. The van der Waals surface area contributed by atoms with E-state index in [0.717, 1.165) is 23.3 Å². The molecule has 2 heteroatoms. The van der Waals surface area contributed by atoms with E-state index in [9.17, 15) is 4.39 Å². The molecule has 4 bridgehead atoms. The van der Waals surface area contributed by atoms with Crippen LogP contribution in [0.25, 0.3) is 0 Å². The Morgan fingerprint density at radius 1 is 1.05 bits per heavy atom. The largest absolute Gasteiger partial charge is 0.286 e. The number of benzene rings is 1. The molecule has 0 amide bonds. The maximum Gasteiger partial charge on any atom is 0.123 e. The van der Waals surface area contributed by atoms with Crippen molar-refractivity contribution in [2.75, 3.05) is 0 Å². The average Bonchev–Trinajstić information content (AvgIpc) is 2.35. The zero-order valence-electron chi connectivity index (χ0n) is 11.2. The lowest BCUT2D eigenvalue weighted by Gasteiger charge is -2.54. The minimum atomic E-state index is -0.172. The molecule has 0 atom stereocenters. The molecule has 0 heterocycles. The van der Waals surface area contributed by atoms with Gasteiger partial charge in [0.2, 0.25) is 0 Å². The zero-order chi connectivity index (χ0) is 12.9. The molecule has 0 radical (unpaired) electrons. The van der Waals surface area contributed by atoms with Crippen LogP contribution in [-0.2, 0) is 0 Å². The Morgan fingerprint density at radius 3 is 2.26 bits per heavy atom. The molecule has 19 heavy (non-hydrogen) atoms. The summed E-state index contributed by atoms with van der Waals surface area (Å²) >= 11 is 0. The van der Waals surface area contributed by atoms with Crippen LogP contribution in [0, 0.1) is 23.6 Å². The first-order valence-electron chi connectivity index (χ1n) is 7.52. The minimum Gasteiger partial charge on any atom is -0.286 e. The summed E-state index contributed by atoms with van der Waals surface area (Å²) in [5.74, 6) is 2.57. The second kappa shape index (κ2) is 4.16. The van der Waals surface area contributed by atoms with Gasteiger partial charge in [-0.3, -0.25) is 4.99 Å². The summed E-state index contributed by atoms with van der Waals surface area (Å²) in [6.45, 7) is 0. The Morgan fingerprint density at radius 2 is 1.68 bits per heavy atom. The quantitative estimate of drug-likeness (QED) is 0.704. The van der Waals surface area contributed by atoms with E-state index in [0.29, 0.717) is 0 Å². The van der Waals surface area contributed by atoms with Gasteiger partial charge in [-0.05, 0) is 74.0 Å². The third-order valence-electron chi connectivity index (χ3n) is 5.34. The summed E-state index contributed by atoms with van der Waals surface area (Å²) < 4.78 is 13.2. The van der Waals surface area contributed by atoms with E-state index in [-0.39, 0.29) is 11.4 Å². The van der Waals surface area contributed by atoms with Crippen LogP contribution in [0.15, 0.2) is 29.3 Å². The number of halogens is 1. The fraction of sp³-hybridized carbons (Fsp3) is 0.588. The molecule has 1 nitrogen and oxygen atoms in total. The lowest BCUT2D eigenvalue weighted by Crippen LogP contribution is -2.49. The lowest BCUT2D eigenvalue weighted by molar-refractivity contribution is 0.00195. The molecule has 4 saturated carbocycles. The summed E-state index contributed by atoms with van der Waals surface area (Å²) in [5, 5.41) is 0.